The second-order valence-electron chi connectivity index (χ2n) is 6.93. The number of sulfonamides is 1. The standard InChI is InChI=1S/C20H21N5O5S/c1-13(20(27)28)22-19(26)18(11-14-5-3-2-4-6-14)25-12-17(23-24-25)15-7-9-16(10-8-15)31(21,29)30/h2-10,12-13,18H,11H2,1H3,(H,22,26)(H,27,28)(H2,21,29,30)/t13?,18-/m0/s1. The van der Waals surface area contributed by atoms with Gasteiger partial charge in [-0.3, -0.25) is 9.59 Å². The van der Waals surface area contributed by atoms with Crippen LogP contribution in [0.1, 0.15) is 18.5 Å². The van der Waals surface area contributed by atoms with Gasteiger partial charge in [-0.1, -0.05) is 47.7 Å². The summed E-state index contributed by atoms with van der Waals surface area (Å²) in [6.45, 7) is 1.37. The first-order valence-corrected chi connectivity index (χ1v) is 10.8. The summed E-state index contributed by atoms with van der Waals surface area (Å²) < 4.78 is 24.2. The van der Waals surface area contributed by atoms with E-state index < -0.39 is 34.0 Å². The molecule has 0 saturated heterocycles. The van der Waals surface area contributed by atoms with Gasteiger partial charge in [0.15, 0.2) is 0 Å². The van der Waals surface area contributed by atoms with Crippen molar-refractivity contribution in [2.45, 2.75) is 30.3 Å². The number of benzene rings is 2. The third-order valence-electron chi connectivity index (χ3n) is 4.61. The van der Waals surface area contributed by atoms with Crippen LogP contribution in [0.2, 0.25) is 0 Å². The van der Waals surface area contributed by atoms with E-state index in [1.807, 2.05) is 30.3 Å². The largest absolute Gasteiger partial charge is 0.480 e. The summed E-state index contributed by atoms with van der Waals surface area (Å²) in [6.07, 6.45) is 1.82. The molecule has 11 heteroatoms. The highest BCUT2D eigenvalue weighted by atomic mass is 32.2. The molecule has 3 rings (SSSR count). The van der Waals surface area contributed by atoms with Crippen LogP contribution in [-0.2, 0) is 26.0 Å². The van der Waals surface area contributed by atoms with E-state index >= 15 is 0 Å². The van der Waals surface area contributed by atoms with Gasteiger partial charge in [-0.05, 0) is 24.6 Å². The minimum atomic E-state index is -3.82. The molecule has 0 radical (unpaired) electrons. The van der Waals surface area contributed by atoms with Gasteiger partial charge in [-0.25, -0.2) is 18.2 Å². The fourth-order valence-electron chi connectivity index (χ4n) is 2.89. The Labute approximate surface area is 178 Å². The van der Waals surface area contributed by atoms with Gasteiger partial charge in [0.25, 0.3) is 0 Å². The summed E-state index contributed by atoms with van der Waals surface area (Å²) in [4.78, 5) is 23.9. The van der Waals surface area contributed by atoms with Crippen molar-refractivity contribution in [3.05, 3.63) is 66.4 Å². The number of carbonyl (C=O) groups excluding carboxylic acids is 1. The zero-order valence-corrected chi connectivity index (χ0v) is 17.4. The molecule has 162 valence electrons. The molecule has 0 aliphatic heterocycles. The number of aliphatic carboxylic acids is 1. The number of nitrogens with two attached hydrogens (primary N) is 1. The van der Waals surface area contributed by atoms with Crippen molar-refractivity contribution >= 4 is 21.9 Å². The van der Waals surface area contributed by atoms with Gasteiger partial charge in [-0.2, -0.15) is 0 Å². The first-order chi connectivity index (χ1) is 14.6. The zero-order valence-electron chi connectivity index (χ0n) is 16.5. The molecule has 2 aromatic carbocycles. The third-order valence-corrected chi connectivity index (χ3v) is 5.54. The fourth-order valence-corrected chi connectivity index (χ4v) is 3.41. The van der Waals surface area contributed by atoms with Crippen LogP contribution in [0, 0.1) is 0 Å². The van der Waals surface area contributed by atoms with Crippen LogP contribution in [0.3, 0.4) is 0 Å². The Balaban J connectivity index is 1.90. The van der Waals surface area contributed by atoms with Crippen molar-refractivity contribution in [3.8, 4) is 11.3 Å². The Kier molecular flexibility index (Phi) is 6.47. The van der Waals surface area contributed by atoms with Gasteiger partial charge in [0.1, 0.15) is 17.8 Å². The number of nitrogens with zero attached hydrogens (tertiary/aromatic N) is 3. The molecule has 4 N–H and O–H groups in total. The molecule has 0 aliphatic carbocycles. The highest BCUT2D eigenvalue weighted by Crippen LogP contribution is 2.21. The number of carboxylic acid groups (broad SMARTS) is 1. The van der Waals surface area contributed by atoms with Gasteiger partial charge >= 0.3 is 5.97 Å². The zero-order chi connectivity index (χ0) is 22.6. The van der Waals surface area contributed by atoms with Crippen molar-refractivity contribution in [2.24, 2.45) is 5.14 Å². The molecule has 31 heavy (non-hydrogen) atoms. The average Bonchev–Trinajstić information content (AvgIpc) is 3.22. The van der Waals surface area contributed by atoms with Crippen molar-refractivity contribution in [2.75, 3.05) is 0 Å². The summed E-state index contributed by atoms with van der Waals surface area (Å²) in [6, 6.07) is 13.1. The number of amides is 1. The van der Waals surface area contributed by atoms with Crippen LogP contribution < -0.4 is 10.5 Å². The monoisotopic (exact) mass is 443 g/mol. The van der Waals surface area contributed by atoms with E-state index in [4.69, 9.17) is 10.2 Å². The molecular weight excluding hydrogens is 422 g/mol. The number of aromatic nitrogens is 3. The summed E-state index contributed by atoms with van der Waals surface area (Å²) in [5, 5.41) is 24.8. The van der Waals surface area contributed by atoms with E-state index in [1.165, 1.54) is 35.9 Å². The smallest absolute Gasteiger partial charge is 0.325 e. The molecule has 1 unspecified atom stereocenters. The van der Waals surface area contributed by atoms with Gasteiger partial charge in [-0.15, -0.1) is 5.10 Å². The second kappa shape index (κ2) is 9.06. The number of carbonyl (C=O) groups is 2. The maximum atomic E-state index is 12.8. The van der Waals surface area contributed by atoms with Crippen LogP contribution in [0.5, 0.6) is 0 Å². The molecule has 3 aromatic rings. The molecule has 0 bridgehead atoms. The Bertz CT molecular complexity index is 1180. The summed E-state index contributed by atoms with van der Waals surface area (Å²) in [7, 11) is -3.82. The predicted molar refractivity (Wildman–Crippen MR) is 111 cm³/mol. The minimum absolute atomic E-state index is 0.0346. The number of carboxylic acids is 1. The number of hydrogen-bond acceptors (Lipinski definition) is 6. The molecule has 0 aliphatic rings. The van der Waals surface area contributed by atoms with Crippen molar-refractivity contribution < 1.29 is 23.1 Å². The van der Waals surface area contributed by atoms with Crippen molar-refractivity contribution in [3.63, 3.8) is 0 Å². The molecule has 0 spiro atoms. The maximum Gasteiger partial charge on any atom is 0.325 e. The maximum absolute atomic E-state index is 12.8. The van der Waals surface area contributed by atoms with Crippen LogP contribution in [-0.4, -0.2) is 46.4 Å². The topological polar surface area (TPSA) is 157 Å². The lowest BCUT2D eigenvalue weighted by molar-refractivity contribution is -0.141. The van der Waals surface area contributed by atoms with E-state index in [2.05, 4.69) is 15.6 Å². The Morgan fingerprint density at radius 2 is 1.77 bits per heavy atom. The minimum Gasteiger partial charge on any atom is -0.480 e. The number of nitrogens with one attached hydrogen (secondary N) is 1. The average molecular weight is 443 g/mol. The van der Waals surface area contributed by atoms with Crippen molar-refractivity contribution in [1.82, 2.24) is 20.3 Å². The van der Waals surface area contributed by atoms with E-state index in [0.29, 0.717) is 11.3 Å². The van der Waals surface area contributed by atoms with Crippen LogP contribution in [0.25, 0.3) is 11.3 Å². The normalized spacial score (nSPS) is 13.4. The van der Waals surface area contributed by atoms with Gasteiger partial charge < -0.3 is 10.4 Å². The first kappa shape index (κ1) is 22.1. The van der Waals surface area contributed by atoms with E-state index in [9.17, 15) is 18.0 Å². The lowest BCUT2D eigenvalue weighted by atomic mass is 10.0. The molecular formula is C20H21N5O5S. The quantitative estimate of drug-likeness (QED) is 0.468. The summed E-state index contributed by atoms with van der Waals surface area (Å²) in [5.74, 6) is -1.67. The van der Waals surface area contributed by atoms with Crippen molar-refractivity contribution in [1.29, 1.82) is 0 Å². The lowest BCUT2D eigenvalue weighted by Crippen LogP contribution is -2.43. The van der Waals surface area contributed by atoms with Crippen LogP contribution in [0.15, 0.2) is 65.7 Å². The SMILES string of the molecule is CC(NC(=O)[C@H](Cc1ccccc1)n1cc(-c2ccc(S(N)(=O)=O)cc2)nn1)C(=O)O. The molecule has 1 amide bonds. The Hall–Kier alpha value is -3.57. The van der Waals surface area contributed by atoms with Gasteiger partial charge in [0.05, 0.1) is 11.1 Å². The van der Waals surface area contributed by atoms with Gasteiger partial charge in [0, 0.05) is 12.0 Å². The Morgan fingerprint density at radius 1 is 1.13 bits per heavy atom. The summed E-state index contributed by atoms with van der Waals surface area (Å²) in [5.41, 5.74) is 1.86. The fraction of sp³-hybridized carbons (Fsp3) is 0.200. The molecule has 10 nitrogen and oxygen atoms in total. The van der Waals surface area contributed by atoms with E-state index in [0.717, 1.165) is 5.56 Å². The van der Waals surface area contributed by atoms with E-state index in [1.54, 1.807) is 6.20 Å². The Morgan fingerprint density at radius 3 is 2.35 bits per heavy atom. The molecule has 2 atom stereocenters. The first-order valence-electron chi connectivity index (χ1n) is 9.27. The number of rotatable bonds is 8. The van der Waals surface area contributed by atoms with E-state index in [-0.39, 0.29) is 11.3 Å². The highest BCUT2D eigenvalue weighted by molar-refractivity contribution is 7.89. The number of primary sulfonamides is 1. The molecule has 0 fully saturated rings. The van der Waals surface area contributed by atoms with Gasteiger partial charge in [0.2, 0.25) is 15.9 Å². The predicted octanol–water partition coefficient (Wildman–Crippen LogP) is 0.966. The third kappa shape index (κ3) is 5.53. The molecule has 1 heterocycles. The van der Waals surface area contributed by atoms with Crippen LogP contribution in [0.4, 0.5) is 0 Å². The number of hydrogen-bond donors (Lipinski definition) is 3. The summed E-state index contributed by atoms with van der Waals surface area (Å²) >= 11 is 0. The van der Waals surface area contributed by atoms with Crippen LogP contribution >= 0.6 is 0 Å². The lowest BCUT2D eigenvalue weighted by Gasteiger charge is -2.18. The molecule has 0 saturated carbocycles. The second-order valence-corrected chi connectivity index (χ2v) is 8.49. The highest BCUT2D eigenvalue weighted by Gasteiger charge is 2.26. The molecule has 1 aromatic heterocycles.